The summed E-state index contributed by atoms with van der Waals surface area (Å²) in [5, 5.41) is 0. The van der Waals surface area contributed by atoms with Gasteiger partial charge in [-0.25, -0.2) is 0 Å². The van der Waals surface area contributed by atoms with Gasteiger partial charge in [-0.1, -0.05) is 12.8 Å². The predicted octanol–water partition coefficient (Wildman–Crippen LogP) is 3.46. The lowest BCUT2D eigenvalue weighted by Gasteiger charge is -2.06. The van der Waals surface area contributed by atoms with E-state index in [1.54, 1.807) is 25.3 Å². The number of ether oxygens (including phenoxy) is 2. The molecule has 0 bridgehead atoms. The van der Waals surface area contributed by atoms with E-state index in [-0.39, 0.29) is 12.4 Å². The summed E-state index contributed by atoms with van der Waals surface area (Å²) in [4.78, 5) is 11.9. The Morgan fingerprint density at radius 1 is 1.44 bits per heavy atom. The molecule has 2 rings (SSSR count). The molecule has 1 aliphatic rings. The van der Waals surface area contributed by atoms with E-state index < -0.39 is 0 Å². The first-order valence-electron chi connectivity index (χ1n) is 6.15. The maximum absolute atomic E-state index is 11.9. The smallest absolute Gasteiger partial charge is 0.188 e. The third-order valence-electron chi connectivity index (χ3n) is 3.07. The van der Waals surface area contributed by atoms with Crippen molar-refractivity contribution in [2.45, 2.75) is 19.3 Å². The molecule has 1 aromatic carbocycles. The lowest BCUT2D eigenvalue weighted by atomic mass is 10.1. The van der Waals surface area contributed by atoms with Crippen molar-refractivity contribution in [3.8, 4) is 5.75 Å². The van der Waals surface area contributed by atoms with E-state index in [4.69, 9.17) is 9.47 Å². The van der Waals surface area contributed by atoms with E-state index in [0.717, 1.165) is 22.6 Å². The topological polar surface area (TPSA) is 35.5 Å². The zero-order valence-electron chi connectivity index (χ0n) is 10.4. The zero-order chi connectivity index (χ0) is 13.0. The lowest BCUT2D eigenvalue weighted by Crippen LogP contribution is -2.10. The average Bonchev–Trinajstić information content (AvgIpc) is 3.18. The fraction of sp³-hybridized carbons (Fsp3) is 0.500. The summed E-state index contributed by atoms with van der Waals surface area (Å²) in [6.07, 6.45) is 3.73. The van der Waals surface area contributed by atoms with E-state index >= 15 is 0 Å². The Kier molecular flexibility index (Phi) is 4.78. The van der Waals surface area contributed by atoms with Crippen molar-refractivity contribution in [2.75, 3.05) is 20.3 Å². The van der Waals surface area contributed by atoms with Gasteiger partial charge in [0, 0.05) is 12.2 Å². The number of Topliss-reactive ketones (excluding diaryl/α,β-unsaturated/α-hetero) is 1. The van der Waals surface area contributed by atoms with Gasteiger partial charge in [0.15, 0.2) is 5.78 Å². The molecule has 1 aliphatic carbocycles. The van der Waals surface area contributed by atoms with Crippen LogP contribution in [-0.4, -0.2) is 26.1 Å². The van der Waals surface area contributed by atoms with E-state index in [2.05, 4.69) is 15.9 Å². The molecule has 0 heterocycles. The maximum atomic E-state index is 11.9. The molecule has 0 atom stereocenters. The van der Waals surface area contributed by atoms with E-state index in [9.17, 15) is 4.79 Å². The Labute approximate surface area is 116 Å². The van der Waals surface area contributed by atoms with Crippen molar-refractivity contribution in [3.05, 3.63) is 28.2 Å². The second-order valence-electron chi connectivity index (χ2n) is 4.56. The first kappa shape index (κ1) is 13.6. The first-order chi connectivity index (χ1) is 8.70. The first-order valence-corrected chi connectivity index (χ1v) is 6.94. The van der Waals surface area contributed by atoms with Crippen molar-refractivity contribution in [3.63, 3.8) is 0 Å². The van der Waals surface area contributed by atoms with Crippen LogP contribution in [0, 0.1) is 5.92 Å². The molecule has 3 nitrogen and oxygen atoms in total. The number of hydrogen-bond donors (Lipinski definition) is 0. The highest BCUT2D eigenvalue weighted by Crippen LogP contribution is 2.32. The number of carbonyl (C=O) groups excluding carboxylic acids is 1. The summed E-state index contributed by atoms with van der Waals surface area (Å²) < 4.78 is 11.3. The highest BCUT2D eigenvalue weighted by atomic mass is 79.9. The van der Waals surface area contributed by atoms with E-state index in [1.165, 1.54) is 12.8 Å². The van der Waals surface area contributed by atoms with Crippen LogP contribution in [0.3, 0.4) is 0 Å². The molecule has 1 aromatic rings. The van der Waals surface area contributed by atoms with Gasteiger partial charge in [-0.3, -0.25) is 4.79 Å². The zero-order valence-corrected chi connectivity index (χ0v) is 12.0. The van der Waals surface area contributed by atoms with Crippen LogP contribution >= 0.6 is 15.9 Å². The number of benzene rings is 1. The van der Waals surface area contributed by atoms with Crippen LogP contribution in [0.2, 0.25) is 0 Å². The monoisotopic (exact) mass is 312 g/mol. The van der Waals surface area contributed by atoms with Gasteiger partial charge in [-0.15, -0.1) is 0 Å². The molecule has 0 aliphatic heterocycles. The van der Waals surface area contributed by atoms with Crippen LogP contribution in [-0.2, 0) is 4.74 Å². The summed E-state index contributed by atoms with van der Waals surface area (Å²) in [7, 11) is 1.60. The Hall–Kier alpha value is -0.870. The minimum atomic E-state index is 0.00847. The van der Waals surface area contributed by atoms with Gasteiger partial charge in [-0.05, 0) is 46.5 Å². The maximum Gasteiger partial charge on any atom is 0.188 e. The van der Waals surface area contributed by atoms with Gasteiger partial charge < -0.3 is 9.47 Å². The predicted molar refractivity (Wildman–Crippen MR) is 73.2 cm³/mol. The molecule has 0 radical (unpaired) electrons. The van der Waals surface area contributed by atoms with Crippen LogP contribution in [0.4, 0.5) is 0 Å². The molecule has 1 fully saturated rings. The molecular formula is C14H17BrO3. The molecule has 0 N–H and O–H groups in total. The van der Waals surface area contributed by atoms with Gasteiger partial charge in [-0.2, -0.15) is 0 Å². The third kappa shape index (κ3) is 3.82. The lowest BCUT2D eigenvalue weighted by molar-refractivity contribution is 0.0748. The molecule has 4 heteroatoms. The summed E-state index contributed by atoms with van der Waals surface area (Å²) in [5.74, 6) is 1.57. The largest absolute Gasteiger partial charge is 0.496 e. The summed E-state index contributed by atoms with van der Waals surface area (Å²) >= 11 is 3.37. The van der Waals surface area contributed by atoms with Gasteiger partial charge in [0.25, 0.3) is 0 Å². The number of rotatable bonds is 7. The Morgan fingerprint density at radius 3 is 2.83 bits per heavy atom. The number of ketones is 1. The fourth-order valence-corrected chi connectivity index (χ4v) is 2.29. The highest BCUT2D eigenvalue weighted by Gasteiger charge is 2.20. The summed E-state index contributed by atoms with van der Waals surface area (Å²) in [6, 6.07) is 5.31. The van der Waals surface area contributed by atoms with Gasteiger partial charge in [0.2, 0.25) is 0 Å². The normalized spacial score (nSPS) is 14.6. The molecule has 0 saturated heterocycles. The van der Waals surface area contributed by atoms with Crippen LogP contribution in [0.25, 0.3) is 0 Å². The van der Waals surface area contributed by atoms with Crippen LogP contribution in [0.5, 0.6) is 5.75 Å². The molecule has 1 saturated carbocycles. The Morgan fingerprint density at radius 2 is 2.22 bits per heavy atom. The second-order valence-corrected chi connectivity index (χ2v) is 5.41. The highest BCUT2D eigenvalue weighted by molar-refractivity contribution is 9.10. The third-order valence-corrected chi connectivity index (χ3v) is 3.69. The van der Waals surface area contributed by atoms with Crippen LogP contribution in [0.15, 0.2) is 22.7 Å². The average molecular weight is 313 g/mol. The Balaban J connectivity index is 1.81. The van der Waals surface area contributed by atoms with E-state index in [1.807, 2.05) is 0 Å². The quantitative estimate of drug-likeness (QED) is 0.571. The van der Waals surface area contributed by atoms with Crippen molar-refractivity contribution in [1.82, 2.24) is 0 Å². The van der Waals surface area contributed by atoms with Crippen molar-refractivity contribution >= 4 is 21.7 Å². The molecule has 0 aromatic heterocycles. The van der Waals surface area contributed by atoms with Gasteiger partial charge >= 0.3 is 0 Å². The standard InChI is InChI=1S/C14H17BrO3/c1-17-14-5-4-11(8-12(14)15)13(16)9-18-7-6-10-2-3-10/h4-5,8,10H,2-3,6-7,9H2,1H3. The summed E-state index contributed by atoms with van der Waals surface area (Å²) in [6.45, 7) is 0.846. The molecule has 0 unspecified atom stereocenters. The number of halogens is 1. The minimum absolute atomic E-state index is 0.00847. The second kappa shape index (κ2) is 6.34. The van der Waals surface area contributed by atoms with Gasteiger partial charge in [0.05, 0.1) is 11.6 Å². The van der Waals surface area contributed by atoms with Gasteiger partial charge in [0.1, 0.15) is 12.4 Å². The molecule has 18 heavy (non-hydrogen) atoms. The van der Waals surface area contributed by atoms with Crippen molar-refractivity contribution in [1.29, 1.82) is 0 Å². The number of methoxy groups -OCH3 is 1. The van der Waals surface area contributed by atoms with Crippen molar-refractivity contribution in [2.24, 2.45) is 5.92 Å². The Bertz CT molecular complexity index is 427. The fourth-order valence-electron chi connectivity index (χ4n) is 1.74. The molecule has 0 amide bonds. The van der Waals surface area contributed by atoms with Crippen LogP contribution < -0.4 is 4.74 Å². The van der Waals surface area contributed by atoms with Crippen molar-refractivity contribution < 1.29 is 14.3 Å². The molecule has 0 spiro atoms. The van der Waals surface area contributed by atoms with E-state index in [0.29, 0.717) is 12.2 Å². The SMILES string of the molecule is COc1ccc(C(=O)COCCC2CC2)cc1Br. The number of hydrogen-bond acceptors (Lipinski definition) is 3. The molecular weight excluding hydrogens is 296 g/mol. The minimum Gasteiger partial charge on any atom is -0.496 e. The van der Waals surface area contributed by atoms with Crippen LogP contribution in [0.1, 0.15) is 29.6 Å². The number of carbonyl (C=O) groups is 1. The summed E-state index contributed by atoms with van der Waals surface area (Å²) in [5.41, 5.74) is 0.647. The molecule has 98 valence electrons.